The Hall–Kier alpha value is -1.40. The third-order valence-corrected chi connectivity index (χ3v) is 3.02. The van der Waals surface area contributed by atoms with E-state index < -0.39 is 21.2 Å². The van der Waals surface area contributed by atoms with Gasteiger partial charge in [0, 0.05) is 6.92 Å². The third-order valence-electron chi connectivity index (χ3n) is 1.76. The van der Waals surface area contributed by atoms with Crippen LogP contribution in [0.2, 0.25) is 0 Å². The second-order valence-electron chi connectivity index (χ2n) is 3.16. The van der Waals surface area contributed by atoms with Gasteiger partial charge in [-0.2, -0.15) is 0 Å². The maximum absolute atomic E-state index is 10.9. The van der Waals surface area contributed by atoms with Gasteiger partial charge in [-0.15, -0.1) is 0 Å². The van der Waals surface area contributed by atoms with Crippen LogP contribution in [0.3, 0.4) is 0 Å². The molecule has 0 bridgehead atoms. The average molecular weight is 245 g/mol. The summed E-state index contributed by atoms with van der Waals surface area (Å²) in [6, 6.07) is 8.90. The van der Waals surface area contributed by atoms with E-state index in [9.17, 15) is 8.42 Å². The van der Waals surface area contributed by atoms with E-state index >= 15 is 0 Å². The lowest BCUT2D eigenvalue weighted by Gasteiger charge is -2.07. The van der Waals surface area contributed by atoms with Crippen LogP contribution in [-0.2, 0) is 14.8 Å². The summed E-state index contributed by atoms with van der Waals surface area (Å²) >= 11 is 0. The predicted octanol–water partition coefficient (Wildman–Crippen LogP) is 1.13. The molecule has 0 saturated heterocycles. The van der Waals surface area contributed by atoms with Crippen molar-refractivity contribution < 1.29 is 18.3 Å². The van der Waals surface area contributed by atoms with Gasteiger partial charge in [0.1, 0.15) is 0 Å². The van der Waals surface area contributed by atoms with E-state index in [1.54, 1.807) is 31.2 Å². The molecule has 5 nitrogen and oxygen atoms in total. The van der Waals surface area contributed by atoms with Gasteiger partial charge in [-0.3, -0.25) is 4.79 Å². The Labute approximate surface area is 95.0 Å². The van der Waals surface area contributed by atoms with Crippen molar-refractivity contribution >= 4 is 16.0 Å². The van der Waals surface area contributed by atoms with Crippen LogP contribution in [0.1, 0.15) is 24.7 Å². The van der Waals surface area contributed by atoms with Crippen LogP contribution in [0, 0.1) is 0 Å². The van der Waals surface area contributed by atoms with Crippen LogP contribution in [-0.4, -0.2) is 19.5 Å². The number of benzene rings is 1. The molecule has 1 rings (SSSR count). The van der Waals surface area contributed by atoms with Crippen molar-refractivity contribution in [2.24, 2.45) is 5.14 Å². The van der Waals surface area contributed by atoms with E-state index in [1.165, 1.54) is 0 Å². The van der Waals surface area contributed by atoms with Crippen LogP contribution in [0.25, 0.3) is 0 Å². The third kappa shape index (κ3) is 6.15. The standard InChI is InChI=1S/C8H11NO2S.C2H4O2/c1-7(12(9,10)11)8-5-3-2-4-6-8;1-2(3)4/h2-7H,1H3,(H2,9,10,11);1H3,(H,3,4). The zero-order chi connectivity index (χ0) is 12.8. The van der Waals surface area contributed by atoms with Crippen LogP contribution < -0.4 is 5.14 Å². The fraction of sp³-hybridized carbons (Fsp3) is 0.300. The molecule has 0 amide bonds. The number of nitrogens with two attached hydrogens (primary N) is 1. The summed E-state index contributed by atoms with van der Waals surface area (Å²) in [7, 11) is -3.46. The number of hydrogen-bond donors (Lipinski definition) is 2. The van der Waals surface area contributed by atoms with Crippen LogP contribution in [0.5, 0.6) is 0 Å². The van der Waals surface area contributed by atoms with Crippen molar-refractivity contribution in [1.29, 1.82) is 0 Å². The van der Waals surface area contributed by atoms with E-state index in [0.29, 0.717) is 0 Å². The van der Waals surface area contributed by atoms with E-state index in [2.05, 4.69) is 0 Å². The summed E-state index contributed by atoms with van der Waals surface area (Å²) in [6.45, 7) is 2.66. The zero-order valence-corrected chi connectivity index (χ0v) is 9.94. The van der Waals surface area contributed by atoms with E-state index in [-0.39, 0.29) is 0 Å². The first-order valence-electron chi connectivity index (χ1n) is 4.51. The zero-order valence-electron chi connectivity index (χ0n) is 9.12. The lowest BCUT2D eigenvalue weighted by atomic mass is 10.2. The van der Waals surface area contributed by atoms with E-state index in [1.807, 2.05) is 6.07 Å². The van der Waals surface area contributed by atoms with Crippen LogP contribution in [0.15, 0.2) is 30.3 Å². The fourth-order valence-corrected chi connectivity index (χ4v) is 1.45. The number of rotatable bonds is 2. The summed E-state index contributed by atoms with van der Waals surface area (Å²) in [6.07, 6.45) is 0. The average Bonchev–Trinajstić information content (AvgIpc) is 2.16. The maximum Gasteiger partial charge on any atom is 0.300 e. The van der Waals surface area contributed by atoms with Crippen LogP contribution >= 0.6 is 0 Å². The Balaban J connectivity index is 0.000000487. The molecule has 3 N–H and O–H groups in total. The molecule has 16 heavy (non-hydrogen) atoms. The Morgan fingerprint density at radius 3 is 2.00 bits per heavy atom. The number of hydrogen-bond acceptors (Lipinski definition) is 3. The molecule has 0 spiro atoms. The van der Waals surface area contributed by atoms with Gasteiger partial charge in [0.2, 0.25) is 10.0 Å². The maximum atomic E-state index is 10.9. The molecule has 0 fully saturated rings. The highest BCUT2D eigenvalue weighted by Gasteiger charge is 2.16. The monoisotopic (exact) mass is 245 g/mol. The Morgan fingerprint density at radius 2 is 1.69 bits per heavy atom. The highest BCUT2D eigenvalue weighted by Crippen LogP contribution is 2.17. The Kier molecular flexibility index (Phi) is 5.69. The summed E-state index contributed by atoms with van der Waals surface area (Å²) < 4.78 is 21.8. The number of carbonyl (C=O) groups is 1. The molecule has 0 radical (unpaired) electrons. The molecule has 1 atom stereocenters. The Bertz CT molecular complexity index is 423. The molecule has 0 saturated carbocycles. The highest BCUT2D eigenvalue weighted by atomic mass is 32.2. The molecule has 1 aromatic rings. The molecule has 0 heterocycles. The minimum Gasteiger partial charge on any atom is -0.481 e. The quantitative estimate of drug-likeness (QED) is 0.816. The molecule has 0 aliphatic heterocycles. The molecular formula is C10H15NO4S. The van der Waals surface area contributed by atoms with E-state index in [0.717, 1.165) is 12.5 Å². The number of carboxylic acid groups (broad SMARTS) is 1. The van der Waals surface area contributed by atoms with Gasteiger partial charge in [-0.25, -0.2) is 13.6 Å². The van der Waals surface area contributed by atoms with Gasteiger partial charge in [0.15, 0.2) is 0 Å². The van der Waals surface area contributed by atoms with Crippen LogP contribution in [0.4, 0.5) is 0 Å². The molecule has 1 unspecified atom stereocenters. The van der Waals surface area contributed by atoms with Gasteiger partial charge in [-0.1, -0.05) is 30.3 Å². The highest BCUT2D eigenvalue weighted by molar-refractivity contribution is 7.89. The van der Waals surface area contributed by atoms with Gasteiger partial charge in [0.05, 0.1) is 5.25 Å². The Morgan fingerprint density at radius 1 is 1.31 bits per heavy atom. The van der Waals surface area contributed by atoms with Crippen molar-refractivity contribution in [2.45, 2.75) is 19.1 Å². The summed E-state index contributed by atoms with van der Waals surface area (Å²) in [5.41, 5.74) is 0.722. The molecule has 0 aromatic heterocycles. The minimum atomic E-state index is -3.46. The van der Waals surface area contributed by atoms with Crippen molar-refractivity contribution in [3.8, 4) is 0 Å². The molecule has 1 aromatic carbocycles. The lowest BCUT2D eigenvalue weighted by Crippen LogP contribution is -2.19. The predicted molar refractivity (Wildman–Crippen MR) is 61.3 cm³/mol. The summed E-state index contributed by atoms with van der Waals surface area (Å²) in [5, 5.41) is 11.8. The number of sulfonamides is 1. The summed E-state index contributed by atoms with van der Waals surface area (Å²) in [5.74, 6) is -0.833. The van der Waals surface area contributed by atoms with Gasteiger partial charge in [-0.05, 0) is 12.5 Å². The normalized spacial score (nSPS) is 12.2. The minimum absolute atomic E-state index is 0.626. The molecule has 6 heteroatoms. The van der Waals surface area contributed by atoms with Gasteiger partial charge >= 0.3 is 0 Å². The second-order valence-corrected chi connectivity index (χ2v) is 5.05. The largest absolute Gasteiger partial charge is 0.481 e. The molecule has 0 aliphatic carbocycles. The van der Waals surface area contributed by atoms with Crippen molar-refractivity contribution in [2.75, 3.05) is 0 Å². The van der Waals surface area contributed by atoms with Crippen molar-refractivity contribution in [3.05, 3.63) is 35.9 Å². The molecule has 0 aliphatic rings. The number of aliphatic carboxylic acids is 1. The summed E-state index contributed by atoms with van der Waals surface area (Å²) in [4.78, 5) is 9.00. The van der Waals surface area contributed by atoms with Crippen molar-refractivity contribution in [1.82, 2.24) is 0 Å². The van der Waals surface area contributed by atoms with Gasteiger partial charge < -0.3 is 5.11 Å². The first kappa shape index (κ1) is 14.6. The van der Waals surface area contributed by atoms with Gasteiger partial charge in [0.25, 0.3) is 5.97 Å². The van der Waals surface area contributed by atoms with E-state index in [4.69, 9.17) is 15.0 Å². The van der Waals surface area contributed by atoms with Crippen molar-refractivity contribution in [3.63, 3.8) is 0 Å². The second kappa shape index (κ2) is 6.24. The lowest BCUT2D eigenvalue weighted by molar-refractivity contribution is -0.134. The smallest absolute Gasteiger partial charge is 0.300 e. The number of primary sulfonamides is 1. The number of carboxylic acids is 1. The first-order valence-corrected chi connectivity index (χ1v) is 6.12. The topological polar surface area (TPSA) is 97.5 Å². The molecule has 90 valence electrons. The molecular weight excluding hydrogens is 230 g/mol. The SMILES string of the molecule is CC(=O)O.CC(c1ccccc1)S(N)(=O)=O. The fourth-order valence-electron chi connectivity index (χ4n) is 0.914. The first-order chi connectivity index (χ1) is 7.25.